The Morgan fingerprint density at radius 2 is 1.93 bits per heavy atom. The Kier molecular flexibility index (Phi) is 6.16. The fourth-order valence-electron chi connectivity index (χ4n) is 4.38. The number of benzene rings is 1. The van der Waals surface area contributed by atoms with Gasteiger partial charge in [0, 0.05) is 35.8 Å². The van der Waals surface area contributed by atoms with Crippen LogP contribution in [0.1, 0.15) is 55.5 Å². The highest BCUT2D eigenvalue weighted by atomic mass is 16.5. The van der Waals surface area contributed by atoms with Crippen molar-refractivity contribution in [3.8, 4) is 5.75 Å². The zero-order valence-corrected chi connectivity index (χ0v) is 17.7. The van der Waals surface area contributed by atoms with Gasteiger partial charge in [0.1, 0.15) is 11.4 Å². The lowest BCUT2D eigenvalue weighted by molar-refractivity contribution is 0.252. The molecule has 29 heavy (non-hydrogen) atoms. The van der Waals surface area contributed by atoms with E-state index in [1.54, 1.807) is 0 Å². The Hall–Kier alpha value is -2.37. The van der Waals surface area contributed by atoms with Crippen molar-refractivity contribution in [2.75, 3.05) is 26.7 Å². The number of rotatable bonds is 7. The Bertz CT molecular complexity index is 928. The van der Waals surface area contributed by atoms with Crippen molar-refractivity contribution in [1.82, 2.24) is 20.2 Å². The Balaban J connectivity index is 1.58. The van der Waals surface area contributed by atoms with Crippen LogP contribution >= 0.6 is 0 Å². The summed E-state index contributed by atoms with van der Waals surface area (Å²) in [6.45, 7) is 8.06. The molecule has 0 aliphatic carbocycles. The van der Waals surface area contributed by atoms with E-state index in [2.05, 4.69) is 64.5 Å². The molecule has 1 saturated heterocycles. The molecule has 3 aromatic rings. The highest BCUT2D eigenvalue weighted by Gasteiger charge is 2.24. The van der Waals surface area contributed by atoms with Crippen molar-refractivity contribution in [3.63, 3.8) is 0 Å². The molecule has 1 aromatic carbocycles. The molecule has 4 rings (SSSR count). The average molecular weight is 393 g/mol. The molecule has 3 heterocycles. The maximum atomic E-state index is 5.59. The SMILES string of the molecule is CCOc1ccc(C(C)N(C)Cc2c(C3CCNCC3)[nH]c3ncccc23)cc1. The molecule has 2 N–H and O–H groups in total. The largest absolute Gasteiger partial charge is 0.494 e. The number of hydrogen-bond acceptors (Lipinski definition) is 4. The lowest BCUT2D eigenvalue weighted by atomic mass is 9.91. The van der Waals surface area contributed by atoms with Crippen LogP contribution in [0.3, 0.4) is 0 Å². The highest BCUT2D eigenvalue weighted by Crippen LogP contribution is 2.34. The van der Waals surface area contributed by atoms with E-state index in [0.29, 0.717) is 18.6 Å². The second-order valence-electron chi connectivity index (χ2n) is 8.03. The molecular formula is C24H32N4O. The van der Waals surface area contributed by atoms with Gasteiger partial charge in [0.2, 0.25) is 0 Å². The number of aromatic nitrogens is 2. The number of piperidine rings is 1. The standard InChI is InChI=1S/C24H32N4O/c1-4-29-20-9-7-18(8-10-20)17(2)28(3)16-22-21-6-5-13-26-24(21)27-23(22)19-11-14-25-15-12-19/h5-10,13,17,19,25H,4,11-12,14-16H2,1-3H3,(H,26,27). The van der Waals surface area contributed by atoms with Gasteiger partial charge in [-0.15, -0.1) is 0 Å². The van der Waals surface area contributed by atoms with E-state index in [0.717, 1.165) is 31.0 Å². The normalized spacial score (nSPS) is 16.4. The van der Waals surface area contributed by atoms with Crippen molar-refractivity contribution in [2.24, 2.45) is 0 Å². The Labute approximate surface area is 173 Å². The second-order valence-corrected chi connectivity index (χ2v) is 8.03. The van der Waals surface area contributed by atoms with E-state index in [1.165, 1.54) is 35.0 Å². The summed E-state index contributed by atoms with van der Waals surface area (Å²) in [5.74, 6) is 1.51. The fourth-order valence-corrected chi connectivity index (χ4v) is 4.38. The summed E-state index contributed by atoms with van der Waals surface area (Å²) in [4.78, 5) is 10.7. The van der Waals surface area contributed by atoms with E-state index in [-0.39, 0.29) is 0 Å². The summed E-state index contributed by atoms with van der Waals surface area (Å²) < 4.78 is 5.59. The first kappa shape index (κ1) is 19.9. The number of H-pyrrole nitrogens is 1. The van der Waals surface area contributed by atoms with E-state index in [9.17, 15) is 0 Å². The van der Waals surface area contributed by atoms with Crippen molar-refractivity contribution < 1.29 is 4.74 Å². The summed E-state index contributed by atoms with van der Waals surface area (Å²) >= 11 is 0. The summed E-state index contributed by atoms with van der Waals surface area (Å²) in [7, 11) is 2.21. The fraction of sp³-hybridized carbons (Fsp3) is 0.458. The van der Waals surface area contributed by atoms with Crippen LogP contribution in [-0.2, 0) is 6.54 Å². The van der Waals surface area contributed by atoms with Crippen LogP contribution in [0.15, 0.2) is 42.6 Å². The minimum atomic E-state index is 0.313. The zero-order chi connectivity index (χ0) is 20.2. The molecule has 5 heteroatoms. The van der Waals surface area contributed by atoms with Gasteiger partial charge < -0.3 is 15.0 Å². The summed E-state index contributed by atoms with van der Waals surface area (Å²) in [5.41, 5.74) is 5.10. The van der Waals surface area contributed by atoms with Crippen LogP contribution in [-0.4, -0.2) is 41.6 Å². The zero-order valence-electron chi connectivity index (χ0n) is 17.7. The monoisotopic (exact) mass is 392 g/mol. The van der Waals surface area contributed by atoms with Crippen molar-refractivity contribution in [3.05, 3.63) is 59.4 Å². The summed E-state index contributed by atoms with van der Waals surface area (Å²) in [5, 5.41) is 4.74. The smallest absolute Gasteiger partial charge is 0.137 e. The molecule has 1 fully saturated rings. The van der Waals surface area contributed by atoms with Gasteiger partial charge >= 0.3 is 0 Å². The number of aromatic amines is 1. The molecular weight excluding hydrogens is 360 g/mol. The molecule has 1 aliphatic heterocycles. The predicted molar refractivity (Wildman–Crippen MR) is 118 cm³/mol. The first-order valence-corrected chi connectivity index (χ1v) is 10.8. The molecule has 5 nitrogen and oxygen atoms in total. The van der Waals surface area contributed by atoms with Gasteiger partial charge in [-0.2, -0.15) is 0 Å². The van der Waals surface area contributed by atoms with Crippen LogP contribution in [0, 0.1) is 0 Å². The lowest BCUT2D eigenvalue weighted by Crippen LogP contribution is -2.28. The van der Waals surface area contributed by atoms with Gasteiger partial charge in [-0.1, -0.05) is 12.1 Å². The number of fused-ring (bicyclic) bond motifs is 1. The summed E-state index contributed by atoms with van der Waals surface area (Å²) in [6.07, 6.45) is 4.23. The van der Waals surface area contributed by atoms with Gasteiger partial charge in [-0.3, -0.25) is 4.90 Å². The number of hydrogen-bond donors (Lipinski definition) is 2. The van der Waals surface area contributed by atoms with E-state index in [1.807, 2.05) is 19.2 Å². The Morgan fingerprint density at radius 1 is 1.17 bits per heavy atom. The molecule has 1 atom stereocenters. The minimum Gasteiger partial charge on any atom is -0.494 e. The quantitative estimate of drug-likeness (QED) is 0.616. The maximum Gasteiger partial charge on any atom is 0.137 e. The van der Waals surface area contributed by atoms with Gasteiger partial charge in [-0.25, -0.2) is 4.98 Å². The van der Waals surface area contributed by atoms with Crippen LogP contribution in [0.2, 0.25) is 0 Å². The first-order chi connectivity index (χ1) is 14.2. The molecule has 1 aliphatic rings. The van der Waals surface area contributed by atoms with Gasteiger partial charge in [0.25, 0.3) is 0 Å². The van der Waals surface area contributed by atoms with Crippen molar-refractivity contribution in [1.29, 1.82) is 0 Å². The van der Waals surface area contributed by atoms with Gasteiger partial charge in [0.05, 0.1) is 6.61 Å². The highest BCUT2D eigenvalue weighted by molar-refractivity contribution is 5.81. The molecule has 0 radical (unpaired) electrons. The van der Waals surface area contributed by atoms with Crippen LogP contribution in [0.5, 0.6) is 5.75 Å². The number of ether oxygens (including phenoxy) is 1. The lowest BCUT2D eigenvalue weighted by Gasteiger charge is -2.28. The molecule has 154 valence electrons. The minimum absolute atomic E-state index is 0.313. The van der Waals surface area contributed by atoms with Crippen molar-refractivity contribution >= 4 is 11.0 Å². The maximum absolute atomic E-state index is 5.59. The van der Waals surface area contributed by atoms with Crippen LogP contribution in [0.25, 0.3) is 11.0 Å². The van der Waals surface area contributed by atoms with Crippen molar-refractivity contribution in [2.45, 2.75) is 45.2 Å². The third-order valence-corrected chi connectivity index (χ3v) is 6.20. The topological polar surface area (TPSA) is 53.2 Å². The third-order valence-electron chi connectivity index (χ3n) is 6.20. The Morgan fingerprint density at radius 3 is 2.66 bits per heavy atom. The number of nitrogens with one attached hydrogen (secondary N) is 2. The molecule has 0 spiro atoms. The third kappa shape index (κ3) is 4.31. The van der Waals surface area contributed by atoms with Crippen LogP contribution in [0.4, 0.5) is 0 Å². The van der Waals surface area contributed by atoms with E-state index >= 15 is 0 Å². The second kappa shape index (κ2) is 8.97. The first-order valence-electron chi connectivity index (χ1n) is 10.8. The predicted octanol–water partition coefficient (Wildman–Crippen LogP) is 4.62. The average Bonchev–Trinajstić information content (AvgIpc) is 3.13. The molecule has 2 aromatic heterocycles. The number of pyridine rings is 1. The molecule has 0 amide bonds. The molecule has 1 unspecified atom stereocenters. The number of nitrogens with zero attached hydrogens (tertiary/aromatic N) is 2. The van der Waals surface area contributed by atoms with E-state index < -0.39 is 0 Å². The van der Waals surface area contributed by atoms with Gasteiger partial charge in [0.15, 0.2) is 0 Å². The molecule has 0 saturated carbocycles. The molecule has 0 bridgehead atoms. The van der Waals surface area contributed by atoms with E-state index in [4.69, 9.17) is 4.74 Å². The summed E-state index contributed by atoms with van der Waals surface area (Å²) in [6, 6.07) is 13.1. The van der Waals surface area contributed by atoms with Gasteiger partial charge in [-0.05, 0) is 82.2 Å². The van der Waals surface area contributed by atoms with Crippen LogP contribution < -0.4 is 10.1 Å².